The Morgan fingerprint density at radius 1 is 1.29 bits per heavy atom. The number of H-pyrrole nitrogens is 1. The molecule has 0 aliphatic carbocycles. The lowest BCUT2D eigenvalue weighted by atomic mass is 10.3. The van der Waals surface area contributed by atoms with Crippen LogP contribution in [0.5, 0.6) is 0 Å². The lowest BCUT2D eigenvalue weighted by Crippen LogP contribution is -2.29. The predicted octanol–water partition coefficient (Wildman–Crippen LogP) is -1.36. The fraction of sp³-hybridized carbons (Fsp3) is 0.385. The Hall–Kier alpha value is -3.24. The largest absolute Gasteiger partial charge is 0.480 e. The SMILES string of the molecule is O=C(O)CNC(=O)CCC(=O)OCCn1cnc2c(=O)[nH]cnc21. The van der Waals surface area contributed by atoms with E-state index in [2.05, 4.69) is 20.3 Å². The summed E-state index contributed by atoms with van der Waals surface area (Å²) in [5.41, 5.74) is 0.213. The number of ether oxygens (including phenoxy) is 1. The molecule has 2 rings (SSSR count). The average Bonchev–Trinajstić information content (AvgIpc) is 2.95. The zero-order valence-corrected chi connectivity index (χ0v) is 12.5. The van der Waals surface area contributed by atoms with Gasteiger partial charge in [-0.1, -0.05) is 0 Å². The van der Waals surface area contributed by atoms with E-state index in [4.69, 9.17) is 9.84 Å². The summed E-state index contributed by atoms with van der Waals surface area (Å²) in [4.78, 5) is 54.9. The van der Waals surface area contributed by atoms with Gasteiger partial charge < -0.3 is 24.7 Å². The second kappa shape index (κ2) is 7.85. The molecule has 0 bridgehead atoms. The molecule has 0 unspecified atom stereocenters. The first-order valence-corrected chi connectivity index (χ1v) is 7.00. The minimum absolute atomic E-state index is 0.0233. The van der Waals surface area contributed by atoms with Gasteiger partial charge in [0.05, 0.1) is 25.6 Å². The third kappa shape index (κ3) is 4.63. The van der Waals surface area contributed by atoms with E-state index in [9.17, 15) is 19.2 Å². The maximum absolute atomic E-state index is 11.5. The van der Waals surface area contributed by atoms with E-state index < -0.39 is 24.4 Å². The molecule has 128 valence electrons. The van der Waals surface area contributed by atoms with Gasteiger partial charge in [-0.2, -0.15) is 0 Å². The van der Waals surface area contributed by atoms with E-state index >= 15 is 0 Å². The number of carbonyl (C=O) groups is 3. The highest BCUT2D eigenvalue weighted by molar-refractivity contribution is 5.84. The lowest BCUT2D eigenvalue weighted by molar-refractivity contribution is -0.145. The fourth-order valence-corrected chi connectivity index (χ4v) is 1.86. The molecule has 24 heavy (non-hydrogen) atoms. The minimum atomic E-state index is -1.16. The molecule has 0 fully saturated rings. The molecule has 2 aromatic rings. The van der Waals surface area contributed by atoms with Crippen molar-refractivity contribution in [2.45, 2.75) is 19.4 Å². The Balaban J connectivity index is 1.74. The van der Waals surface area contributed by atoms with Crippen LogP contribution in [0.25, 0.3) is 11.2 Å². The summed E-state index contributed by atoms with van der Waals surface area (Å²) in [6.45, 7) is -0.215. The van der Waals surface area contributed by atoms with Crippen LogP contribution in [0.2, 0.25) is 0 Å². The van der Waals surface area contributed by atoms with Gasteiger partial charge in [0.15, 0.2) is 11.2 Å². The molecule has 0 aliphatic rings. The molecule has 0 radical (unpaired) electrons. The van der Waals surface area contributed by atoms with Crippen molar-refractivity contribution < 1.29 is 24.2 Å². The van der Waals surface area contributed by atoms with Gasteiger partial charge in [-0.25, -0.2) is 9.97 Å². The first kappa shape index (κ1) is 17.1. The van der Waals surface area contributed by atoms with Gasteiger partial charge in [-0.3, -0.25) is 19.2 Å². The maximum atomic E-state index is 11.5. The second-order valence-electron chi connectivity index (χ2n) is 4.73. The molecule has 2 heterocycles. The summed E-state index contributed by atoms with van der Waals surface area (Å²) in [6, 6.07) is 0. The van der Waals surface area contributed by atoms with Crippen LogP contribution in [-0.4, -0.2) is 55.6 Å². The smallest absolute Gasteiger partial charge is 0.322 e. The first-order valence-electron chi connectivity index (χ1n) is 7.00. The van der Waals surface area contributed by atoms with Gasteiger partial charge in [0, 0.05) is 6.42 Å². The van der Waals surface area contributed by atoms with Crippen LogP contribution in [0, 0.1) is 0 Å². The number of aliphatic carboxylic acids is 1. The number of nitrogens with one attached hydrogen (secondary N) is 2. The summed E-state index contributed by atoms with van der Waals surface area (Å²) in [7, 11) is 0. The molecular weight excluding hydrogens is 322 g/mol. The molecule has 0 saturated carbocycles. The van der Waals surface area contributed by atoms with Crippen molar-refractivity contribution in [1.29, 1.82) is 0 Å². The molecule has 2 aromatic heterocycles. The van der Waals surface area contributed by atoms with Crippen molar-refractivity contribution in [2.24, 2.45) is 0 Å². The second-order valence-corrected chi connectivity index (χ2v) is 4.73. The topological polar surface area (TPSA) is 156 Å². The van der Waals surface area contributed by atoms with Crippen molar-refractivity contribution in [3.63, 3.8) is 0 Å². The highest BCUT2D eigenvalue weighted by Gasteiger charge is 2.10. The number of aromatic amines is 1. The summed E-state index contributed by atoms with van der Waals surface area (Å²) < 4.78 is 6.54. The van der Waals surface area contributed by atoms with Gasteiger partial charge in [-0.05, 0) is 0 Å². The number of carboxylic acid groups (broad SMARTS) is 1. The van der Waals surface area contributed by atoms with Gasteiger partial charge in [0.2, 0.25) is 5.91 Å². The first-order chi connectivity index (χ1) is 11.5. The molecule has 0 aromatic carbocycles. The highest BCUT2D eigenvalue weighted by atomic mass is 16.5. The van der Waals surface area contributed by atoms with Crippen LogP contribution in [0.15, 0.2) is 17.4 Å². The molecule has 0 aliphatic heterocycles. The number of nitrogens with zero attached hydrogens (tertiary/aromatic N) is 3. The Morgan fingerprint density at radius 2 is 2.08 bits per heavy atom. The third-order valence-electron chi connectivity index (χ3n) is 3.00. The van der Waals surface area contributed by atoms with Crippen molar-refractivity contribution in [3.8, 4) is 0 Å². The quantitative estimate of drug-likeness (QED) is 0.499. The van der Waals surface area contributed by atoms with E-state index in [0.29, 0.717) is 5.65 Å². The van der Waals surface area contributed by atoms with Crippen LogP contribution < -0.4 is 10.9 Å². The van der Waals surface area contributed by atoms with E-state index in [-0.39, 0.29) is 37.1 Å². The van der Waals surface area contributed by atoms with Gasteiger partial charge in [0.25, 0.3) is 5.56 Å². The van der Waals surface area contributed by atoms with Crippen LogP contribution in [0.3, 0.4) is 0 Å². The number of amides is 1. The van der Waals surface area contributed by atoms with E-state index in [1.165, 1.54) is 12.7 Å². The van der Waals surface area contributed by atoms with Gasteiger partial charge in [-0.15, -0.1) is 0 Å². The van der Waals surface area contributed by atoms with Crippen molar-refractivity contribution >= 4 is 29.0 Å². The average molecular weight is 337 g/mol. The third-order valence-corrected chi connectivity index (χ3v) is 3.00. The van der Waals surface area contributed by atoms with E-state index in [1.54, 1.807) is 4.57 Å². The van der Waals surface area contributed by atoms with Gasteiger partial charge in [0.1, 0.15) is 13.2 Å². The monoisotopic (exact) mass is 337 g/mol. The predicted molar refractivity (Wildman–Crippen MR) is 79.0 cm³/mol. The molecule has 1 amide bonds. The number of carboxylic acids is 1. The van der Waals surface area contributed by atoms with Crippen LogP contribution >= 0.6 is 0 Å². The molecule has 0 spiro atoms. The number of carbonyl (C=O) groups excluding carboxylic acids is 2. The molecular formula is C13H15N5O6. The van der Waals surface area contributed by atoms with Crippen LogP contribution in [-0.2, 0) is 25.7 Å². The number of hydrogen-bond donors (Lipinski definition) is 3. The minimum Gasteiger partial charge on any atom is -0.480 e. The summed E-state index contributed by atoms with van der Waals surface area (Å²) in [5, 5.41) is 10.5. The summed E-state index contributed by atoms with van der Waals surface area (Å²) in [6.07, 6.45) is 2.36. The number of hydrogen-bond acceptors (Lipinski definition) is 7. The Labute approximate surface area is 134 Å². The molecule has 11 nitrogen and oxygen atoms in total. The Morgan fingerprint density at radius 3 is 2.83 bits per heavy atom. The lowest BCUT2D eigenvalue weighted by Gasteiger charge is -2.06. The summed E-state index contributed by atoms with van der Waals surface area (Å²) in [5.74, 6) is -2.29. The van der Waals surface area contributed by atoms with Crippen molar-refractivity contribution in [2.75, 3.05) is 13.2 Å². The normalized spacial score (nSPS) is 10.5. The highest BCUT2D eigenvalue weighted by Crippen LogP contribution is 2.03. The number of imidazole rings is 1. The number of esters is 1. The number of fused-ring (bicyclic) bond motifs is 1. The van der Waals surface area contributed by atoms with Crippen molar-refractivity contribution in [1.82, 2.24) is 24.8 Å². The number of rotatable bonds is 8. The van der Waals surface area contributed by atoms with Crippen LogP contribution in [0.1, 0.15) is 12.8 Å². The van der Waals surface area contributed by atoms with Crippen molar-refractivity contribution in [3.05, 3.63) is 23.0 Å². The van der Waals surface area contributed by atoms with E-state index in [1.807, 2.05) is 0 Å². The zero-order chi connectivity index (χ0) is 17.5. The molecule has 0 saturated heterocycles. The zero-order valence-electron chi connectivity index (χ0n) is 12.5. The van der Waals surface area contributed by atoms with E-state index in [0.717, 1.165) is 0 Å². The standard InChI is InChI=1S/C13H15N5O6/c19-8(14-5-9(20)21)1-2-10(22)24-4-3-18-7-17-11-12(18)15-6-16-13(11)23/h6-7H,1-5H2,(H,14,19)(H,20,21)(H,15,16,23). The maximum Gasteiger partial charge on any atom is 0.322 e. The Kier molecular flexibility index (Phi) is 5.60. The molecule has 3 N–H and O–H groups in total. The fourth-order valence-electron chi connectivity index (χ4n) is 1.86. The van der Waals surface area contributed by atoms with Crippen LogP contribution in [0.4, 0.5) is 0 Å². The molecule has 0 atom stereocenters. The number of aromatic nitrogens is 4. The Bertz CT molecular complexity index is 811. The van der Waals surface area contributed by atoms with Gasteiger partial charge >= 0.3 is 11.9 Å². The molecule has 11 heteroatoms. The summed E-state index contributed by atoms with van der Waals surface area (Å²) >= 11 is 0.